The molecule has 2 aliphatic rings. The zero-order valence-electron chi connectivity index (χ0n) is 8.80. The Kier molecular flexibility index (Phi) is 2.37. The van der Waals surface area contributed by atoms with Crippen LogP contribution in [0.25, 0.3) is 0 Å². The minimum Gasteiger partial charge on any atom is -0.424 e. The van der Waals surface area contributed by atoms with Crippen LogP contribution in [0.3, 0.4) is 0 Å². The van der Waals surface area contributed by atoms with E-state index in [-0.39, 0.29) is 0 Å². The van der Waals surface area contributed by atoms with Gasteiger partial charge in [0.2, 0.25) is 0 Å². The molecule has 2 fully saturated rings. The van der Waals surface area contributed by atoms with Crippen molar-refractivity contribution in [3.63, 3.8) is 0 Å². The lowest BCUT2D eigenvalue weighted by atomic mass is 9.90. The molecule has 0 aliphatic carbocycles. The van der Waals surface area contributed by atoms with Gasteiger partial charge in [-0.3, -0.25) is 0 Å². The second-order valence-corrected chi connectivity index (χ2v) is 4.18. The molecule has 86 valence electrons. The number of carbonyl (C=O) groups excluding carboxylic acids is 1. The molecule has 1 unspecified atom stereocenters. The van der Waals surface area contributed by atoms with Gasteiger partial charge in [-0.2, -0.15) is 0 Å². The van der Waals surface area contributed by atoms with Gasteiger partial charge in [0.1, 0.15) is 6.10 Å². The van der Waals surface area contributed by atoms with E-state index in [0.717, 1.165) is 0 Å². The van der Waals surface area contributed by atoms with Crippen LogP contribution < -0.4 is 0 Å². The van der Waals surface area contributed by atoms with E-state index in [2.05, 4.69) is 0 Å². The number of rotatable bonds is 1. The maximum Gasteiger partial charge on any atom is 0.509 e. The molecule has 2 aliphatic heterocycles. The summed E-state index contributed by atoms with van der Waals surface area (Å²) in [5, 5.41) is 9.61. The monoisotopic (exact) mass is 218 g/mol. The second-order valence-electron chi connectivity index (χ2n) is 4.18. The Hall–Kier alpha value is -0.850. The summed E-state index contributed by atoms with van der Waals surface area (Å²) in [6.45, 7) is 3.51. The Balaban J connectivity index is 2.26. The maximum absolute atomic E-state index is 11.0. The molecule has 15 heavy (non-hydrogen) atoms. The van der Waals surface area contributed by atoms with Crippen molar-refractivity contribution in [1.82, 2.24) is 0 Å². The smallest absolute Gasteiger partial charge is 0.424 e. The average Bonchev–Trinajstić information content (AvgIpc) is 2.46. The van der Waals surface area contributed by atoms with Gasteiger partial charge >= 0.3 is 6.16 Å². The van der Waals surface area contributed by atoms with Crippen molar-refractivity contribution >= 4 is 6.16 Å². The summed E-state index contributed by atoms with van der Waals surface area (Å²) in [5.74, 6) is 0. The van der Waals surface area contributed by atoms with Crippen LogP contribution in [0.15, 0.2) is 0 Å². The molecule has 2 heterocycles. The highest BCUT2D eigenvalue weighted by atomic mass is 16.8. The number of ether oxygens (including phenoxy) is 4. The average molecular weight is 218 g/mol. The summed E-state index contributed by atoms with van der Waals surface area (Å²) in [7, 11) is 1.50. The molecule has 0 aromatic rings. The predicted molar refractivity (Wildman–Crippen MR) is 47.1 cm³/mol. The van der Waals surface area contributed by atoms with Gasteiger partial charge in [0.25, 0.3) is 0 Å². The van der Waals surface area contributed by atoms with Gasteiger partial charge in [-0.05, 0) is 13.8 Å². The van der Waals surface area contributed by atoms with Crippen molar-refractivity contribution in [1.29, 1.82) is 0 Å². The fourth-order valence-corrected chi connectivity index (χ4v) is 2.10. The fourth-order valence-electron chi connectivity index (χ4n) is 2.10. The topological polar surface area (TPSA) is 74.2 Å². The quantitative estimate of drug-likeness (QED) is 0.626. The third kappa shape index (κ3) is 1.58. The predicted octanol–water partition coefficient (Wildman–Crippen LogP) is 0.0326. The van der Waals surface area contributed by atoms with Crippen LogP contribution in [0, 0.1) is 0 Å². The highest BCUT2D eigenvalue weighted by Crippen LogP contribution is 2.36. The standard InChI is InChI=1S/C9H14O6/c1-9(2)6(12-3)4-5(7(10)15-9)14-8(11)13-4/h4-7,10H,1-3H3/t4-,5+,6-,7?/m0/s1. The minimum atomic E-state index is -1.18. The molecule has 0 aromatic carbocycles. The number of hydrogen-bond acceptors (Lipinski definition) is 6. The van der Waals surface area contributed by atoms with E-state index in [4.69, 9.17) is 18.9 Å². The molecule has 0 bridgehead atoms. The van der Waals surface area contributed by atoms with Gasteiger partial charge in [0.05, 0.1) is 5.60 Å². The highest BCUT2D eigenvalue weighted by Gasteiger charge is 2.57. The van der Waals surface area contributed by atoms with Gasteiger partial charge < -0.3 is 24.1 Å². The van der Waals surface area contributed by atoms with Crippen LogP contribution in [-0.2, 0) is 18.9 Å². The third-order valence-corrected chi connectivity index (χ3v) is 2.73. The summed E-state index contributed by atoms with van der Waals surface area (Å²) < 4.78 is 20.3. The number of hydrogen-bond donors (Lipinski definition) is 1. The molecule has 0 amide bonds. The van der Waals surface area contributed by atoms with E-state index in [1.807, 2.05) is 0 Å². The van der Waals surface area contributed by atoms with Crippen molar-refractivity contribution in [3.8, 4) is 0 Å². The summed E-state index contributed by atoms with van der Waals surface area (Å²) in [6.07, 6.45) is -3.87. The summed E-state index contributed by atoms with van der Waals surface area (Å²) in [5.41, 5.74) is -0.733. The minimum absolute atomic E-state index is 0.461. The third-order valence-electron chi connectivity index (χ3n) is 2.73. The van der Waals surface area contributed by atoms with Crippen molar-refractivity contribution in [2.24, 2.45) is 0 Å². The van der Waals surface area contributed by atoms with E-state index in [1.165, 1.54) is 7.11 Å². The Morgan fingerprint density at radius 3 is 2.53 bits per heavy atom. The molecule has 0 saturated carbocycles. The van der Waals surface area contributed by atoms with Crippen LogP contribution in [0.5, 0.6) is 0 Å². The van der Waals surface area contributed by atoms with Crippen molar-refractivity contribution < 1.29 is 28.8 Å². The molecule has 0 radical (unpaired) electrons. The lowest BCUT2D eigenvalue weighted by Crippen LogP contribution is -2.61. The van der Waals surface area contributed by atoms with E-state index < -0.39 is 36.4 Å². The summed E-state index contributed by atoms with van der Waals surface area (Å²) in [6, 6.07) is 0. The zero-order chi connectivity index (χ0) is 11.2. The van der Waals surface area contributed by atoms with E-state index >= 15 is 0 Å². The van der Waals surface area contributed by atoms with Crippen LogP contribution in [0.1, 0.15) is 13.8 Å². The van der Waals surface area contributed by atoms with Gasteiger partial charge in [-0.25, -0.2) is 4.79 Å². The summed E-state index contributed by atoms with van der Waals surface area (Å²) in [4.78, 5) is 11.0. The number of carbonyl (C=O) groups is 1. The fraction of sp³-hybridized carbons (Fsp3) is 0.889. The normalized spacial score (nSPS) is 43.1. The number of methoxy groups -OCH3 is 1. The van der Waals surface area contributed by atoms with Gasteiger partial charge in [-0.15, -0.1) is 0 Å². The molecule has 6 nitrogen and oxygen atoms in total. The Morgan fingerprint density at radius 2 is 1.93 bits per heavy atom. The SMILES string of the molecule is CO[C@H]1[C@H]2OC(=O)O[C@H]2C(O)OC1(C)C. The molecule has 0 aromatic heterocycles. The molecule has 4 atom stereocenters. The van der Waals surface area contributed by atoms with Crippen LogP contribution in [-0.4, -0.2) is 48.6 Å². The van der Waals surface area contributed by atoms with Gasteiger partial charge in [0, 0.05) is 7.11 Å². The molecule has 2 rings (SSSR count). The zero-order valence-corrected chi connectivity index (χ0v) is 8.80. The highest BCUT2D eigenvalue weighted by molar-refractivity contribution is 5.63. The van der Waals surface area contributed by atoms with Crippen molar-refractivity contribution in [3.05, 3.63) is 0 Å². The largest absolute Gasteiger partial charge is 0.509 e. The van der Waals surface area contributed by atoms with Crippen LogP contribution in [0.4, 0.5) is 4.79 Å². The van der Waals surface area contributed by atoms with Crippen LogP contribution >= 0.6 is 0 Å². The molecular formula is C9H14O6. The van der Waals surface area contributed by atoms with E-state index in [0.29, 0.717) is 0 Å². The van der Waals surface area contributed by atoms with E-state index in [1.54, 1.807) is 13.8 Å². The maximum atomic E-state index is 11.0. The van der Waals surface area contributed by atoms with E-state index in [9.17, 15) is 9.90 Å². The molecular weight excluding hydrogens is 204 g/mol. The molecule has 6 heteroatoms. The van der Waals surface area contributed by atoms with Gasteiger partial charge in [0.15, 0.2) is 18.5 Å². The van der Waals surface area contributed by atoms with Crippen LogP contribution in [0.2, 0.25) is 0 Å². The Labute approximate surface area is 87.1 Å². The first-order valence-corrected chi connectivity index (χ1v) is 4.71. The number of aliphatic hydroxyl groups is 1. The number of aliphatic hydroxyl groups excluding tert-OH is 1. The molecule has 2 saturated heterocycles. The van der Waals surface area contributed by atoms with Crippen molar-refractivity contribution in [2.45, 2.75) is 44.1 Å². The molecule has 0 spiro atoms. The lowest BCUT2D eigenvalue weighted by molar-refractivity contribution is -0.291. The van der Waals surface area contributed by atoms with Crippen molar-refractivity contribution in [2.75, 3.05) is 7.11 Å². The Bertz CT molecular complexity index is 276. The second kappa shape index (κ2) is 3.33. The first kappa shape index (κ1) is 10.7. The lowest BCUT2D eigenvalue weighted by Gasteiger charge is -2.43. The first-order valence-electron chi connectivity index (χ1n) is 4.71. The Morgan fingerprint density at radius 1 is 1.33 bits per heavy atom. The first-order chi connectivity index (χ1) is 6.95. The summed E-state index contributed by atoms with van der Waals surface area (Å²) >= 11 is 0. The molecule has 1 N–H and O–H groups in total. The van der Waals surface area contributed by atoms with Gasteiger partial charge in [-0.1, -0.05) is 0 Å². The number of fused-ring (bicyclic) bond motifs is 1.